The lowest BCUT2D eigenvalue weighted by Crippen LogP contribution is -2.19. The number of carbonyl (C=O) groups excluding carboxylic acids is 1. The maximum Gasteiger partial charge on any atom is 0.250 e. The van der Waals surface area contributed by atoms with Gasteiger partial charge in [0.15, 0.2) is 16.7 Å². The van der Waals surface area contributed by atoms with Crippen molar-refractivity contribution in [1.82, 2.24) is 15.4 Å². The third kappa shape index (κ3) is 5.99. The number of thioether (sulfide) groups is 1. The summed E-state index contributed by atoms with van der Waals surface area (Å²) in [5.41, 5.74) is 4.55. The summed E-state index contributed by atoms with van der Waals surface area (Å²) in [4.78, 5) is 20.4. The Hall–Kier alpha value is -2.13. The summed E-state index contributed by atoms with van der Waals surface area (Å²) < 4.78 is 6.08. The molecule has 1 heterocycles. The highest BCUT2D eigenvalue weighted by Gasteiger charge is 2.09. The van der Waals surface area contributed by atoms with Crippen LogP contribution in [0.3, 0.4) is 0 Å². The number of carbonyl (C=O) groups is 1. The van der Waals surface area contributed by atoms with Gasteiger partial charge in [-0.15, -0.1) is 0 Å². The fraction of sp³-hybridized carbons (Fsp3) is 0.294. The SMILES string of the molecule is CCOc1cc(Br)cc(/C=N\NC(=O)CSc2nc(C)cc(C)n2)c1O. The summed E-state index contributed by atoms with van der Waals surface area (Å²) in [5.74, 6) is 0.145. The van der Waals surface area contributed by atoms with Crippen LogP contribution in [-0.4, -0.2) is 39.6 Å². The molecule has 1 aromatic carbocycles. The Morgan fingerprint density at radius 2 is 2.04 bits per heavy atom. The van der Waals surface area contributed by atoms with Crippen LogP contribution in [0.4, 0.5) is 0 Å². The topological polar surface area (TPSA) is 96.7 Å². The van der Waals surface area contributed by atoms with Crippen LogP contribution >= 0.6 is 27.7 Å². The molecule has 0 spiro atoms. The van der Waals surface area contributed by atoms with E-state index in [1.807, 2.05) is 26.8 Å². The van der Waals surface area contributed by atoms with E-state index >= 15 is 0 Å². The number of aromatic nitrogens is 2. The molecule has 9 heteroatoms. The zero-order chi connectivity index (χ0) is 19.1. The van der Waals surface area contributed by atoms with Crippen molar-refractivity contribution in [2.45, 2.75) is 25.9 Å². The van der Waals surface area contributed by atoms with Crippen molar-refractivity contribution in [3.8, 4) is 11.5 Å². The molecule has 0 unspecified atom stereocenters. The van der Waals surface area contributed by atoms with E-state index in [9.17, 15) is 9.90 Å². The number of nitrogens with one attached hydrogen (secondary N) is 1. The van der Waals surface area contributed by atoms with E-state index in [2.05, 4.69) is 36.4 Å². The number of hydrazone groups is 1. The van der Waals surface area contributed by atoms with Crippen molar-refractivity contribution in [1.29, 1.82) is 0 Å². The first kappa shape index (κ1) is 20.2. The molecule has 1 amide bonds. The molecular weight excluding hydrogens is 420 g/mol. The maximum atomic E-state index is 11.9. The molecule has 138 valence electrons. The molecule has 2 N–H and O–H groups in total. The standard InChI is InChI=1S/C17H19BrN4O3S/c1-4-25-14-7-13(18)6-12(16(14)24)8-19-22-15(23)9-26-17-20-10(2)5-11(3)21-17/h5-8,24H,4,9H2,1-3H3,(H,22,23)/b19-8-. The van der Waals surface area contributed by atoms with Crippen LogP contribution in [0.15, 0.2) is 32.9 Å². The van der Waals surface area contributed by atoms with Crippen LogP contribution in [0.1, 0.15) is 23.9 Å². The molecule has 1 aromatic heterocycles. The largest absolute Gasteiger partial charge is 0.504 e. The van der Waals surface area contributed by atoms with E-state index in [4.69, 9.17) is 4.74 Å². The Balaban J connectivity index is 1.94. The van der Waals surface area contributed by atoms with Crippen molar-refractivity contribution in [2.24, 2.45) is 5.10 Å². The van der Waals surface area contributed by atoms with Crippen LogP contribution in [0.25, 0.3) is 0 Å². The lowest BCUT2D eigenvalue weighted by molar-refractivity contribution is -0.118. The molecule has 7 nitrogen and oxygen atoms in total. The maximum absolute atomic E-state index is 11.9. The van der Waals surface area contributed by atoms with Crippen molar-refractivity contribution in [2.75, 3.05) is 12.4 Å². The van der Waals surface area contributed by atoms with Gasteiger partial charge in [-0.2, -0.15) is 5.10 Å². The molecule has 0 radical (unpaired) electrons. The average molecular weight is 439 g/mol. The summed E-state index contributed by atoms with van der Waals surface area (Å²) in [7, 11) is 0. The van der Waals surface area contributed by atoms with Gasteiger partial charge in [0.2, 0.25) is 0 Å². The predicted octanol–water partition coefficient (Wildman–Crippen LogP) is 3.20. The summed E-state index contributed by atoms with van der Waals surface area (Å²) in [6, 6.07) is 5.20. The zero-order valence-corrected chi connectivity index (χ0v) is 17.0. The van der Waals surface area contributed by atoms with Gasteiger partial charge < -0.3 is 9.84 Å². The molecule has 0 saturated carbocycles. The van der Waals surface area contributed by atoms with Crippen molar-refractivity contribution in [3.05, 3.63) is 39.6 Å². The first-order chi connectivity index (χ1) is 12.4. The third-order valence-electron chi connectivity index (χ3n) is 3.06. The van der Waals surface area contributed by atoms with Crippen LogP contribution in [0.2, 0.25) is 0 Å². The highest BCUT2D eigenvalue weighted by atomic mass is 79.9. The first-order valence-electron chi connectivity index (χ1n) is 7.81. The molecule has 0 atom stereocenters. The molecule has 0 aliphatic rings. The summed E-state index contributed by atoms with van der Waals surface area (Å²) in [6.07, 6.45) is 1.36. The summed E-state index contributed by atoms with van der Waals surface area (Å²) >= 11 is 4.58. The second kappa shape index (κ2) is 9.54. The smallest absolute Gasteiger partial charge is 0.250 e. The van der Waals surface area contributed by atoms with Crippen LogP contribution in [-0.2, 0) is 4.79 Å². The van der Waals surface area contributed by atoms with Gasteiger partial charge in [0, 0.05) is 21.4 Å². The number of nitrogens with zero attached hydrogens (tertiary/aromatic N) is 3. The van der Waals surface area contributed by atoms with Crippen molar-refractivity contribution >= 4 is 39.8 Å². The third-order valence-corrected chi connectivity index (χ3v) is 4.36. The van der Waals surface area contributed by atoms with E-state index < -0.39 is 0 Å². The number of halogens is 1. The molecule has 0 aliphatic carbocycles. The van der Waals surface area contributed by atoms with Crippen molar-refractivity contribution < 1.29 is 14.6 Å². The fourth-order valence-electron chi connectivity index (χ4n) is 2.05. The van der Waals surface area contributed by atoms with Gasteiger partial charge in [-0.05, 0) is 39.0 Å². The van der Waals surface area contributed by atoms with Crippen LogP contribution in [0, 0.1) is 13.8 Å². The van der Waals surface area contributed by atoms with Gasteiger partial charge in [0.05, 0.1) is 18.6 Å². The quantitative estimate of drug-likeness (QED) is 0.298. The highest BCUT2D eigenvalue weighted by Crippen LogP contribution is 2.32. The Morgan fingerprint density at radius 3 is 2.69 bits per heavy atom. The number of amides is 1. The number of hydrogen-bond acceptors (Lipinski definition) is 7. The number of aromatic hydroxyl groups is 1. The van der Waals surface area contributed by atoms with Gasteiger partial charge in [-0.25, -0.2) is 15.4 Å². The Morgan fingerprint density at radius 1 is 1.35 bits per heavy atom. The van der Waals surface area contributed by atoms with Gasteiger partial charge >= 0.3 is 0 Å². The van der Waals surface area contributed by atoms with Gasteiger partial charge in [0.25, 0.3) is 5.91 Å². The Kier molecular flexibility index (Phi) is 7.40. The van der Waals surface area contributed by atoms with Gasteiger partial charge in [0.1, 0.15) is 0 Å². The van der Waals surface area contributed by atoms with E-state index in [-0.39, 0.29) is 17.4 Å². The number of ether oxygens (including phenoxy) is 1. The second-order valence-electron chi connectivity index (χ2n) is 5.29. The van der Waals surface area contributed by atoms with E-state index in [1.165, 1.54) is 18.0 Å². The molecule has 0 saturated heterocycles. The van der Waals surface area contributed by atoms with E-state index in [0.717, 1.165) is 15.9 Å². The summed E-state index contributed by atoms with van der Waals surface area (Å²) in [6.45, 7) is 6.01. The molecule has 2 aromatic rings. The fourth-order valence-corrected chi connectivity index (χ4v) is 3.25. The van der Waals surface area contributed by atoms with Crippen LogP contribution in [0.5, 0.6) is 11.5 Å². The lowest BCUT2D eigenvalue weighted by Gasteiger charge is -2.08. The Labute approximate surface area is 164 Å². The average Bonchev–Trinajstić information content (AvgIpc) is 2.56. The molecule has 2 rings (SSSR count). The lowest BCUT2D eigenvalue weighted by atomic mass is 10.2. The monoisotopic (exact) mass is 438 g/mol. The molecular formula is C17H19BrN4O3S. The normalized spacial score (nSPS) is 10.9. The highest BCUT2D eigenvalue weighted by molar-refractivity contribution is 9.10. The number of hydrogen-bond donors (Lipinski definition) is 2. The molecule has 26 heavy (non-hydrogen) atoms. The molecule has 0 fully saturated rings. The minimum absolute atomic E-state index is 0.0361. The van der Waals surface area contributed by atoms with Crippen LogP contribution < -0.4 is 10.2 Å². The van der Waals surface area contributed by atoms with E-state index in [1.54, 1.807) is 12.1 Å². The number of benzene rings is 1. The number of rotatable bonds is 7. The number of phenolic OH excluding ortho intramolecular Hbond substituents is 1. The minimum Gasteiger partial charge on any atom is -0.504 e. The van der Waals surface area contributed by atoms with E-state index in [0.29, 0.717) is 23.1 Å². The predicted molar refractivity (Wildman–Crippen MR) is 105 cm³/mol. The van der Waals surface area contributed by atoms with Gasteiger partial charge in [-0.3, -0.25) is 4.79 Å². The summed E-state index contributed by atoms with van der Waals surface area (Å²) in [5, 5.41) is 14.6. The Bertz CT molecular complexity index is 810. The van der Waals surface area contributed by atoms with Gasteiger partial charge in [-0.1, -0.05) is 27.7 Å². The molecule has 0 bridgehead atoms. The first-order valence-corrected chi connectivity index (χ1v) is 9.59. The number of phenols is 1. The number of aryl methyl sites for hydroxylation is 2. The zero-order valence-electron chi connectivity index (χ0n) is 14.6. The molecule has 0 aliphatic heterocycles. The second-order valence-corrected chi connectivity index (χ2v) is 7.15. The van der Waals surface area contributed by atoms with Crippen molar-refractivity contribution in [3.63, 3.8) is 0 Å². The minimum atomic E-state index is -0.298.